The summed E-state index contributed by atoms with van der Waals surface area (Å²) in [7, 11) is 3.01. The number of ether oxygens (including phenoxy) is 1. The van der Waals surface area contributed by atoms with Crippen molar-refractivity contribution in [2.24, 2.45) is 0 Å². The van der Waals surface area contributed by atoms with E-state index in [4.69, 9.17) is 9.84 Å². The van der Waals surface area contributed by atoms with Crippen LogP contribution in [0.3, 0.4) is 0 Å². The van der Waals surface area contributed by atoms with Crippen LogP contribution in [0.1, 0.15) is 29.8 Å². The summed E-state index contributed by atoms with van der Waals surface area (Å²) < 4.78 is 9.68. The van der Waals surface area contributed by atoms with Gasteiger partial charge in [-0.05, 0) is 19.3 Å². The summed E-state index contributed by atoms with van der Waals surface area (Å²) in [5.41, 5.74) is -0.533. The molecule has 1 aromatic rings. The van der Waals surface area contributed by atoms with E-state index < -0.39 is 23.5 Å². The molecule has 7 nitrogen and oxygen atoms in total. The van der Waals surface area contributed by atoms with E-state index in [1.165, 1.54) is 13.2 Å². The second-order valence-electron chi connectivity index (χ2n) is 4.80. The Morgan fingerprint density at radius 2 is 2.20 bits per heavy atom. The zero-order valence-corrected chi connectivity index (χ0v) is 11.3. The maximum absolute atomic E-state index is 11.8. The van der Waals surface area contributed by atoms with Crippen molar-refractivity contribution in [2.45, 2.75) is 31.4 Å². The van der Waals surface area contributed by atoms with Gasteiger partial charge in [0, 0.05) is 13.1 Å². The summed E-state index contributed by atoms with van der Waals surface area (Å²) in [6, 6.07) is 1.07. The van der Waals surface area contributed by atoms with Gasteiger partial charge < -0.3 is 24.3 Å². The lowest BCUT2D eigenvalue weighted by atomic mass is 10.1. The maximum atomic E-state index is 11.8. The van der Waals surface area contributed by atoms with Crippen LogP contribution in [-0.4, -0.2) is 42.5 Å². The van der Waals surface area contributed by atoms with E-state index in [0.717, 1.165) is 12.8 Å². The molecule has 1 unspecified atom stereocenters. The van der Waals surface area contributed by atoms with Crippen LogP contribution in [0, 0.1) is 0 Å². The van der Waals surface area contributed by atoms with Gasteiger partial charge in [0.05, 0.1) is 24.9 Å². The third-order valence-electron chi connectivity index (χ3n) is 3.62. The Kier molecular flexibility index (Phi) is 3.99. The van der Waals surface area contributed by atoms with E-state index in [-0.39, 0.29) is 11.8 Å². The minimum absolute atomic E-state index is 0.0587. The number of methoxy groups -OCH3 is 1. The van der Waals surface area contributed by atoms with Gasteiger partial charge >= 0.3 is 11.6 Å². The molecule has 1 aliphatic rings. The van der Waals surface area contributed by atoms with Crippen molar-refractivity contribution < 1.29 is 24.2 Å². The molecule has 2 N–H and O–H groups in total. The van der Waals surface area contributed by atoms with Crippen LogP contribution in [0.2, 0.25) is 0 Å². The lowest BCUT2D eigenvalue weighted by Gasteiger charge is -2.29. The van der Waals surface area contributed by atoms with Crippen molar-refractivity contribution >= 4 is 11.7 Å². The molecule has 1 saturated carbocycles. The number of carboxylic acids is 1. The Labute approximate surface area is 115 Å². The van der Waals surface area contributed by atoms with Crippen LogP contribution in [0.4, 0.5) is 5.69 Å². The molecule has 1 aromatic heterocycles. The number of nitrogens with zero attached hydrogens (tertiary/aromatic N) is 1. The maximum Gasteiger partial charge on any atom is 0.381 e. The van der Waals surface area contributed by atoms with Gasteiger partial charge in [-0.2, -0.15) is 0 Å². The summed E-state index contributed by atoms with van der Waals surface area (Å²) in [6.45, 7) is 0. The summed E-state index contributed by atoms with van der Waals surface area (Å²) in [5, 5.41) is 18.9. The largest absolute Gasteiger partial charge is 0.488 e. The first-order chi connectivity index (χ1) is 9.45. The number of rotatable bonds is 4. The fourth-order valence-corrected chi connectivity index (χ4v) is 2.58. The molecular formula is C13H17NO6. The summed E-state index contributed by atoms with van der Waals surface area (Å²) in [4.78, 5) is 24.4. The zero-order chi connectivity index (χ0) is 14.9. The van der Waals surface area contributed by atoms with Crippen molar-refractivity contribution in [3.63, 3.8) is 0 Å². The first kappa shape index (κ1) is 14.4. The Morgan fingerprint density at radius 1 is 1.50 bits per heavy atom. The number of hydrogen-bond acceptors (Lipinski definition) is 6. The fourth-order valence-electron chi connectivity index (χ4n) is 2.58. The van der Waals surface area contributed by atoms with Crippen molar-refractivity contribution in [1.29, 1.82) is 0 Å². The number of aliphatic hydroxyl groups is 1. The van der Waals surface area contributed by atoms with Gasteiger partial charge in [0.15, 0.2) is 0 Å². The van der Waals surface area contributed by atoms with Crippen molar-refractivity contribution in [1.82, 2.24) is 0 Å². The van der Waals surface area contributed by atoms with Crippen molar-refractivity contribution in [3.8, 4) is 5.75 Å². The number of anilines is 1. The number of aliphatic hydroxyl groups excluding tert-OH is 1. The minimum Gasteiger partial charge on any atom is -0.488 e. The first-order valence-electron chi connectivity index (χ1n) is 6.32. The smallest absolute Gasteiger partial charge is 0.381 e. The molecule has 0 saturated heterocycles. The Bertz CT molecular complexity index is 566. The first-order valence-corrected chi connectivity index (χ1v) is 6.32. The van der Waals surface area contributed by atoms with Gasteiger partial charge in [-0.1, -0.05) is 0 Å². The molecule has 2 rings (SSSR count). The minimum atomic E-state index is -1.33. The molecule has 1 aliphatic carbocycles. The number of aromatic carboxylic acids is 1. The predicted molar refractivity (Wildman–Crippen MR) is 70.5 cm³/mol. The monoisotopic (exact) mass is 283 g/mol. The van der Waals surface area contributed by atoms with Gasteiger partial charge in [-0.3, -0.25) is 0 Å². The average Bonchev–Trinajstić information content (AvgIpc) is 2.83. The molecule has 0 bridgehead atoms. The topological polar surface area (TPSA) is 100 Å². The van der Waals surface area contributed by atoms with Crippen molar-refractivity contribution in [3.05, 3.63) is 22.2 Å². The summed E-state index contributed by atoms with van der Waals surface area (Å²) >= 11 is 0. The lowest BCUT2D eigenvalue weighted by molar-refractivity contribution is 0.0656. The van der Waals surface area contributed by atoms with Gasteiger partial charge in [-0.15, -0.1) is 0 Å². The van der Waals surface area contributed by atoms with E-state index in [1.807, 2.05) is 0 Å². The van der Waals surface area contributed by atoms with E-state index in [1.54, 1.807) is 11.9 Å². The van der Waals surface area contributed by atoms with Gasteiger partial charge in [0.25, 0.3) is 0 Å². The molecule has 0 spiro atoms. The Morgan fingerprint density at radius 3 is 2.70 bits per heavy atom. The molecule has 110 valence electrons. The number of carbonyl (C=O) groups is 1. The quantitative estimate of drug-likeness (QED) is 0.838. The van der Waals surface area contributed by atoms with Gasteiger partial charge in [-0.25, -0.2) is 9.59 Å². The van der Waals surface area contributed by atoms with Crippen LogP contribution in [0.25, 0.3) is 0 Å². The van der Waals surface area contributed by atoms with Gasteiger partial charge in [0.2, 0.25) is 11.5 Å². The Balaban J connectivity index is 2.47. The predicted octanol–water partition coefficient (Wildman–Crippen LogP) is 0.696. The van der Waals surface area contributed by atoms with E-state index in [2.05, 4.69) is 4.42 Å². The van der Waals surface area contributed by atoms with Crippen LogP contribution in [0.5, 0.6) is 5.75 Å². The molecule has 0 amide bonds. The molecule has 7 heteroatoms. The molecule has 0 radical (unpaired) electrons. The fraction of sp³-hybridized carbons (Fsp3) is 0.538. The van der Waals surface area contributed by atoms with E-state index in [9.17, 15) is 14.7 Å². The SMILES string of the molecule is COc1c(N(C)C2CCC[C@H]2O)cc(C(=O)O)oc1=O. The van der Waals surface area contributed by atoms with Crippen LogP contribution in [-0.2, 0) is 0 Å². The highest BCUT2D eigenvalue weighted by atomic mass is 16.5. The van der Waals surface area contributed by atoms with Gasteiger partial charge in [0.1, 0.15) is 0 Å². The standard InChI is InChI=1S/C13H17NO6/c1-14(7-4-3-5-9(7)15)8-6-10(12(16)17)20-13(18)11(8)19-2/h6-7,9,15H,3-5H2,1-2H3,(H,16,17)/t7?,9-/m1/s1. The van der Waals surface area contributed by atoms with Crippen LogP contribution >= 0.6 is 0 Å². The summed E-state index contributed by atoms with van der Waals surface area (Å²) in [6.07, 6.45) is 1.82. The molecule has 1 heterocycles. The normalized spacial score (nSPS) is 21.8. The molecule has 0 aliphatic heterocycles. The third-order valence-corrected chi connectivity index (χ3v) is 3.62. The molecule has 2 atom stereocenters. The average molecular weight is 283 g/mol. The second kappa shape index (κ2) is 5.54. The Hall–Kier alpha value is -2.02. The number of carboxylic acid groups (broad SMARTS) is 1. The lowest BCUT2D eigenvalue weighted by Crippen LogP contribution is -2.38. The molecule has 0 aromatic carbocycles. The van der Waals surface area contributed by atoms with E-state index in [0.29, 0.717) is 12.1 Å². The van der Waals surface area contributed by atoms with E-state index >= 15 is 0 Å². The molecule has 1 fully saturated rings. The van der Waals surface area contributed by atoms with Crippen LogP contribution < -0.4 is 15.3 Å². The number of likely N-dealkylation sites (N-methyl/N-ethyl adjacent to an activating group) is 1. The second-order valence-corrected chi connectivity index (χ2v) is 4.80. The third kappa shape index (κ3) is 2.49. The highest BCUT2D eigenvalue weighted by molar-refractivity contribution is 5.86. The zero-order valence-electron chi connectivity index (χ0n) is 11.3. The molecular weight excluding hydrogens is 266 g/mol. The van der Waals surface area contributed by atoms with Crippen LogP contribution in [0.15, 0.2) is 15.3 Å². The molecule has 20 heavy (non-hydrogen) atoms. The summed E-state index contributed by atoms with van der Waals surface area (Å²) in [5.74, 6) is -1.84. The highest BCUT2D eigenvalue weighted by Gasteiger charge is 2.31. The highest BCUT2D eigenvalue weighted by Crippen LogP contribution is 2.32. The van der Waals surface area contributed by atoms with Crippen molar-refractivity contribution in [2.75, 3.05) is 19.1 Å². The number of hydrogen-bond donors (Lipinski definition) is 2.